The van der Waals surface area contributed by atoms with Gasteiger partial charge in [0.1, 0.15) is 0 Å². The van der Waals surface area contributed by atoms with Crippen LogP contribution >= 0.6 is 15.9 Å². The average molecular weight is 273 g/mol. The maximum atomic E-state index is 3.80. The van der Waals surface area contributed by atoms with Crippen LogP contribution in [0.4, 0.5) is 0 Å². The molecule has 0 aliphatic carbocycles. The smallest absolute Gasteiger partial charge is 0.0175 e. The SMILES string of the molecule is C=CCc1ccccc1-c1ccc(Br)cc1. The van der Waals surface area contributed by atoms with E-state index in [0.717, 1.165) is 10.9 Å². The molecule has 0 saturated carbocycles. The Morgan fingerprint density at radius 3 is 2.38 bits per heavy atom. The number of rotatable bonds is 3. The molecule has 0 aromatic heterocycles. The second kappa shape index (κ2) is 5.13. The molecule has 0 aliphatic heterocycles. The third-order valence-electron chi connectivity index (χ3n) is 2.54. The Kier molecular flexibility index (Phi) is 3.58. The van der Waals surface area contributed by atoms with Gasteiger partial charge in [-0.05, 0) is 35.2 Å². The molecule has 80 valence electrons. The van der Waals surface area contributed by atoms with Crippen LogP contribution < -0.4 is 0 Å². The van der Waals surface area contributed by atoms with Gasteiger partial charge in [0.05, 0.1) is 0 Å². The highest BCUT2D eigenvalue weighted by Crippen LogP contribution is 2.25. The Balaban J connectivity index is 2.46. The Hall–Kier alpha value is -1.34. The number of hydrogen-bond acceptors (Lipinski definition) is 0. The Bertz CT molecular complexity index is 483. The van der Waals surface area contributed by atoms with E-state index in [2.05, 4.69) is 71.0 Å². The van der Waals surface area contributed by atoms with E-state index in [1.54, 1.807) is 0 Å². The highest BCUT2D eigenvalue weighted by atomic mass is 79.9. The van der Waals surface area contributed by atoms with E-state index in [4.69, 9.17) is 0 Å². The fourth-order valence-corrected chi connectivity index (χ4v) is 2.03. The van der Waals surface area contributed by atoms with Gasteiger partial charge >= 0.3 is 0 Å². The predicted octanol–water partition coefficient (Wildman–Crippen LogP) is 4.84. The summed E-state index contributed by atoms with van der Waals surface area (Å²) in [5.41, 5.74) is 3.86. The summed E-state index contributed by atoms with van der Waals surface area (Å²) in [6.45, 7) is 3.80. The summed E-state index contributed by atoms with van der Waals surface area (Å²) in [6.07, 6.45) is 2.85. The fourth-order valence-electron chi connectivity index (χ4n) is 1.76. The van der Waals surface area contributed by atoms with E-state index in [1.165, 1.54) is 16.7 Å². The first kappa shape index (κ1) is 11.2. The van der Waals surface area contributed by atoms with Crippen molar-refractivity contribution in [1.29, 1.82) is 0 Å². The third kappa shape index (κ3) is 2.42. The van der Waals surface area contributed by atoms with E-state index >= 15 is 0 Å². The van der Waals surface area contributed by atoms with Gasteiger partial charge in [0, 0.05) is 4.47 Å². The van der Waals surface area contributed by atoms with E-state index < -0.39 is 0 Å². The molecule has 0 radical (unpaired) electrons. The van der Waals surface area contributed by atoms with E-state index in [1.807, 2.05) is 6.08 Å². The zero-order valence-corrected chi connectivity index (χ0v) is 10.6. The molecule has 0 unspecified atom stereocenters. The maximum absolute atomic E-state index is 3.80. The molecule has 0 bridgehead atoms. The number of allylic oxidation sites excluding steroid dienone is 1. The van der Waals surface area contributed by atoms with Crippen molar-refractivity contribution in [2.75, 3.05) is 0 Å². The largest absolute Gasteiger partial charge is 0.103 e. The van der Waals surface area contributed by atoms with Crippen molar-refractivity contribution >= 4 is 15.9 Å². The van der Waals surface area contributed by atoms with Gasteiger partial charge in [-0.25, -0.2) is 0 Å². The molecule has 1 heteroatoms. The van der Waals surface area contributed by atoms with E-state index in [9.17, 15) is 0 Å². The second-order valence-electron chi connectivity index (χ2n) is 3.66. The minimum Gasteiger partial charge on any atom is -0.103 e. The average Bonchev–Trinajstić information content (AvgIpc) is 2.32. The number of benzene rings is 2. The molecule has 2 aromatic carbocycles. The van der Waals surface area contributed by atoms with Gasteiger partial charge < -0.3 is 0 Å². The Morgan fingerprint density at radius 1 is 1.00 bits per heavy atom. The highest BCUT2D eigenvalue weighted by molar-refractivity contribution is 9.10. The standard InChI is InChI=1S/C15H13Br/c1-2-5-12-6-3-4-7-15(12)13-8-10-14(16)11-9-13/h2-4,6-11H,1,5H2. The third-order valence-corrected chi connectivity index (χ3v) is 3.07. The van der Waals surface area contributed by atoms with E-state index in [0.29, 0.717) is 0 Å². The molecule has 0 nitrogen and oxygen atoms in total. The molecule has 0 N–H and O–H groups in total. The minimum atomic E-state index is 0.909. The van der Waals surface area contributed by atoms with Gasteiger partial charge in [0.15, 0.2) is 0 Å². The zero-order chi connectivity index (χ0) is 11.4. The first-order valence-corrected chi connectivity index (χ1v) is 6.05. The lowest BCUT2D eigenvalue weighted by atomic mass is 9.98. The van der Waals surface area contributed by atoms with Crippen molar-refractivity contribution in [2.45, 2.75) is 6.42 Å². The summed E-state index contributed by atoms with van der Waals surface area (Å²) in [7, 11) is 0. The maximum Gasteiger partial charge on any atom is 0.0175 e. The van der Waals surface area contributed by atoms with Gasteiger partial charge in [0.2, 0.25) is 0 Å². The second-order valence-corrected chi connectivity index (χ2v) is 4.57. The molecule has 0 atom stereocenters. The van der Waals surface area contributed by atoms with Crippen LogP contribution in [0.3, 0.4) is 0 Å². The van der Waals surface area contributed by atoms with Crippen molar-refractivity contribution in [2.24, 2.45) is 0 Å². The van der Waals surface area contributed by atoms with Crippen LogP contribution in [0.15, 0.2) is 65.7 Å². The lowest BCUT2D eigenvalue weighted by Crippen LogP contribution is -1.87. The predicted molar refractivity (Wildman–Crippen MR) is 73.5 cm³/mol. The molecule has 0 fully saturated rings. The molecule has 2 rings (SSSR count). The molecule has 0 heterocycles. The molecular weight excluding hydrogens is 260 g/mol. The van der Waals surface area contributed by atoms with Gasteiger partial charge in [-0.3, -0.25) is 0 Å². The van der Waals surface area contributed by atoms with Crippen molar-refractivity contribution < 1.29 is 0 Å². The van der Waals surface area contributed by atoms with Crippen LogP contribution in [-0.4, -0.2) is 0 Å². The summed E-state index contributed by atoms with van der Waals surface area (Å²) in [6, 6.07) is 16.9. The molecule has 0 spiro atoms. The summed E-state index contributed by atoms with van der Waals surface area (Å²) in [4.78, 5) is 0. The summed E-state index contributed by atoms with van der Waals surface area (Å²) >= 11 is 3.45. The van der Waals surface area contributed by atoms with Crippen LogP contribution in [0.2, 0.25) is 0 Å². The van der Waals surface area contributed by atoms with Gasteiger partial charge in [-0.2, -0.15) is 0 Å². The number of hydrogen-bond donors (Lipinski definition) is 0. The summed E-state index contributed by atoms with van der Waals surface area (Å²) in [5.74, 6) is 0. The fraction of sp³-hybridized carbons (Fsp3) is 0.0667. The molecule has 0 amide bonds. The number of halogens is 1. The van der Waals surface area contributed by atoms with Crippen LogP contribution in [0, 0.1) is 0 Å². The lowest BCUT2D eigenvalue weighted by Gasteiger charge is -2.07. The molecule has 0 saturated heterocycles. The first-order valence-electron chi connectivity index (χ1n) is 5.26. The van der Waals surface area contributed by atoms with Crippen molar-refractivity contribution in [3.05, 3.63) is 71.2 Å². The van der Waals surface area contributed by atoms with Crippen molar-refractivity contribution in [1.82, 2.24) is 0 Å². The highest BCUT2D eigenvalue weighted by Gasteiger charge is 2.02. The van der Waals surface area contributed by atoms with Crippen LogP contribution in [0.5, 0.6) is 0 Å². The Labute approximate surface area is 105 Å². The summed E-state index contributed by atoms with van der Waals surface area (Å²) in [5, 5.41) is 0. The van der Waals surface area contributed by atoms with Gasteiger partial charge in [-0.1, -0.05) is 58.4 Å². The minimum absolute atomic E-state index is 0.909. The molecule has 16 heavy (non-hydrogen) atoms. The van der Waals surface area contributed by atoms with Crippen LogP contribution in [0.1, 0.15) is 5.56 Å². The first-order chi connectivity index (χ1) is 7.81. The Morgan fingerprint density at radius 2 is 1.69 bits per heavy atom. The van der Waals surface area contributed by atoms with Crippen molar-refractivity contribution in [3.63, 3.8) is 0 Å². The zero-order valence-electron chi connectivity index (χ0n) is 8.99. The monoisotopic (exact) mass is 272 g/mol. The summed E-state index contributed by atoms with van der Waals surface area (Å²) < 4.78 is 1.11. The lowest BCUT2D eigenvalue weighted by molar-refractivity contribution is 1.28. The van der Waals surface area contributed by atoms with Crippen molar-refractivity contribution in [3.8, 4) is 11.1 Å². The molecule has 2 aromatic rings. The van der Waals surface area contributed by atoms with Gasteiger partial charge in [0.25, 0.3) is 0 Å². The topological polar surface area (TPSA) is 0 Å². The van der Waals surface area contributed by atoms with Gasteiger partial charge in [-0.15, -0.1) is 6.58 Å². The quantitative estimate of drug-likeness (QED) is 0.701. The van der Waals surface area contributed by atoms with Crippen LogP contribution in [0.25, 0.3) is 11.1 Å². The normalized spacial score (nSPS) is 10.1. The van der Waals surface area contributed by atoms with E-state index in [-0.39, 0.29) is 0 Å². The molecule has 0 aliphatic rings. The van der Waals surface area contributed by atoms with Crippen LogP contribution in [-0.2, 0) is 6.42 Å². The molecular formula is C15H13Br.